The summed E-state index contributed by atoms with van der Waals surface area (Å²) in [4.78, 5) is 24.1. The summed E-state index contributed by atoms with van der Waals surface area (Å²) >= 11 is 0. The Kier molecular flexibility index (Phi) is 4.04. The normalized spacial score (nSPS) is 19.1. The lowest BCUT2D eigenvalue weighted by atomic mass is 10.0. The van der Waals surface area contributed by atoms with Gasteiger partial charge in [0.2, 0.25) is 0 Å². The van der Waals surface area contributed by atoms with Crippen LogP contribution >= 0.6 is 0 Å². The Balaban J connectivity index is 2.21. The molecule has 1 heterocycles. The fraction of sp³-hybridized carbons (Fsp3) is 0.429. The number of cyclic esters (lactones) is 1. The van der Waals surface area contributed by atoms with Crippen molar-refractivity contribution in [2.24, 2.45) is 5.92 Å². The zero-order chi connectivity index (χ0) is 13.8. The van der Waals surface area contributed by atoms with Gasteiger partial charge in [0.15, 0.2) is 0 Å². The lowest BCUT2D eigenvalue weighted by Crippen LogP contribution is -2.44. The van der Waals surface area contributed by atoms with E-state index < -0.39 is 12.1 Å². The van der Waals surface area contributed by atoms with E-state index in [0.29, 0.717) is 6.54 Å². The molecule has 19 heavy (non-hydrogen) atoms. The van der Waals surface area contributed by atoms with Gasteiger partial charge in [-0.25, -0.2) is 4.79 Å². The number of carbonyl (C=O) groups excluding carboxylic acids is 1. The Morgan fingerprint density at radius 3 is 2.89 bits per heavy atom. The second-order valence-corrected chi connectivity index (χ2v) is 4.63. The summed E-state index contributed by atoms with van der Waals surface area (Å²) in [6.45, 7) is 2.58. The van der Waals surface area contributed by atoms with Crippen LogP contribution in [0.25, 0.3) is 0 Å². The lowest BCUT2D eigenvalue weighted by Gasteiger charge is -2.32. The first-order valence-electron chi connectivity index (χ1n) is 6.35. The van der Waals surface area contributed by atoms with Crippen LogP contribution in [0.3, 0.4) is 0 Å². The molecule has 1 N–H and O–H groups in total. The number of amides is 1. The summed E-state index contributed by atoms with van der Waals surface area (Å²) in [6.07, 6.45) is 0.421. The molecule has 1 fully saturated rings. The molecule has 1 aromatic carbocycles. The maximum Gasteiger partial charge on any atom is 0.414 e. The highest BCUT2D eigenvalue weighted by Crippen LogP contribution is 2.26. The van der Waals surface area contributed by atoms with Gasteiger partial charge < -0.3 is 9.84 Å². The van der Waals surface area contributed by atoms with Crippen LogP contribution in [-0.2, 0) is 16.0 Å². The molecule has 0 saturated carbocycles. The smallest absolute Gasteiger partial charge is 0.414 e. The molecule has 5 heteroatoms. The van der Waals surface area contributed by atoms with Crippen LogP contribution in [0.4, 0.5) is 10.5 Å². The van der Waals surface area contributed by atoms with Gasteiger partial charge in [-0.15, -0.1) is 0 Å². The van der Waals surface area contributed by atoms with Gasteiger partial charge in [-0.05, 0) is 18.1 Å². The Hall–Kier alpha value is -2.04. The number of ether oxygens (including phenoxy) is 1. The molecule has 0 spiro atoms. The summed E-state index contributed by atoms with van der Waals surface area (Å²) < 4.78 is 5.08. The molecule has 0 aliphatic carbocycles. The van der Waals surface area contributed by atoms with E-state index in [-0.39, 0.29) is 18.9 Å². The van der Waals surface area contributed by atoms with Crippen LogP contribution in [-0.4, -0.2) is 30.3 Å². The fourth-order valence-electron chi connectivity index (χ4n) is 2.29. The van der Waals surface area contributed by atoms with Crippen LogP contribution in [0.15, 0.2) is 24.3 Å². The molecule has 2 rings (SSSR count). The number of nitrogens with zero attached hydrogens (tertiary/aromatic N) is 1. The van der Waals surface area contributed by atoms with Crippen molar-refractivity contribution in [1.29, 1.82) is 0 Å². The van der Waals surface area contributed by atoms with Crippen LogP contribution in [0.2, 0.25) is 0 Å². The topological polar surface area (TPSA) is 66.8 Å². The van der Waals surface area contributed by atoms with Gasteiger partial charge in [0.05, 0.1) is 18.7 Å². The number of rotatable bonds is 4. The predicted molar refractivity (Wildman–Crippen MR) is 70.3 cm³/mol. The monoisotopic (exact) mass is 263 g/mol. The molecule has 1 saturated heterocycles. The third-order valence-corrected chi connectivity index (χ3v) is 3.23. The maximum absolute atomic E-state index is 11.9. The van der Waals surface area contributed by atoms with Gasteiger partial charge in [0, 0.05) is 12.5 Å². The minimum atomic E-state index is -0.869. The van der Waals surface area contributed by atoms with Crippen molar-refractivity contribution in [3.05, 3.63) is 29.8 Å². The van der Waals surface area contributed by atoms with Crippen molar-refractivity contribution in [3.8, 4) is 0 Å². The van der Waals surface area contributed by atoms with E-state index in [1.807, 2.05) is 31.2 Å². The summed E-state index contributed by atoms with van der Waals surface area (Å²) in [5.41, 5.74) is 1.86. The molecule has 5 nitrogen and oxygen atoms in total. The summed E-state index contributed by atoms with van der Waals surface area (Å²) in [5, 5.41) is 8.83. The average molecular weight is 263 g/mol. The quantitative estimate of drug-likeness (QED) is 0.905. The van der Waals surface area contributed by atoms with Gasteiger partial charge in [-0.3, -0.25) is 9.69 Å². The van der Waals surface area contributed by atoms with Gasteiger partial charge in [-0.2, -0.15) is 0 Å². The Bertz CT molecular complexity index is 486. The van der Waals surface area contributed by atoms with Crippen molar-refractivity contribution in [2.45, 2.75) is 19.8 Å². The minimum Gasteiger partial charge on any atom is -0.481 e. The summed E-state index contributed by atoms with van der Waals surface area (Å²) in [5.74, 6) is -1.04. The van der Waals surface area contributed by atoms with Crippen molar-refractivity contribution >= 4 is 17.7 Å². The molecular weight excluding hydrogens is 246 g/mol. The number of aryl methyl sites for hydroxylation is 1. The molecule has 0 radical (unpaired) electrons. The zero-order valence-electron chi connectivity index (χ0n) is 10.8. The van der Waals surface area contributed by atoms with E-state index >= 15 is 0 Å². The van der Waals surface area contributed by atoms with Crippen molar-refractivity contribution in [2.75, 3.05) is 18.1 Å². The molecule has 102 valence electrons. The SMILES string of the molecule is CCc1ccccc1N1CC(CC(=O)O)COC1=O. The molecule has 1 aromatic rings. The first kappa shape index (κ1) is 13.4. The number of para-hydroxylation sites is 1. The van der Waals surface area contributed by atoms with E-state index in [1.165, 1.54) is 4.90 Å². The van der Waals surface area contributed by atoms with E-state index in [4.69, 9.17) is 9.84 Å². The van der Waals surface area contributed by atoms with E-state index in [0.717, 1.165) is 17.7 Å². The van der Waals surface area contributed by atoms with Crippen LogP contribution in [0, 0.1) is 5.92 Å². The zero-order valence-corrected chi connectivity index (χ0v) is 10.8. The van der Waals surface area contributed by atoms with Crippen LogP contribution in [0.1, 0.15) is 18.9 Å². The Labute approximate surface area is 111 Å². The number of hydrogen-bond donors (Lipinski definition) is 1. The molecule has 1 aliphatic rings. The molecule has 0 aromatic heterocycles. The molecule has 1 unspecified atom stereocenters. The highest BCUT2D eigenvalue weighted by atomic mass is 16.6. The van der Waals surface area contributed by atoms with E-state index in [2.05, 4.69) is 0 Å². The Morgan fingerprint density at radius 2 is 2.21 bits per heavy atom. The number of carbonyl (C=O) groups is 2. The van der Waals surface area contributed by atoms with E-state index in [9.17, 15) is 9.59 Å². The van der Waals surface area contributed by atoms with E-state index in [1.54, 1.807) is 0 Å². The van der Waals surface area contributed by atoms with Crippen LogP contribution in [0.5, 0.6) is 0 Å². The summed E-state index contributed by atoms with van der Waals surface area (Å²) in [6, 6.07) is 7.61. The molecule has 1 atom stereocenters. The molecule has 0 bridgehead atoms. The standard InChI is InChI=1S/C14H17NO4/c1-2-11-5-3-4-6-12(11)15-8-10(7-13(16)17)9-19-14(15)18/h3-6,10H,2,7-9H2,1H3,(H,16,17). The lowest BCUT2D eigenvalue weighted by molar-refractivity contribution is -0.138. The predicted octanol–water partition coefficient (Wildman–Crippen LogP) is 2.30. The largest absolute Gasteiger partial charge is 0.481 e. The maximum atomic E-state index is 11.9. The molecule has 1 amide bonds. The number of carboxylic acids is 1. The first-order valence-corrected chi connectivity index (χ1v) is 6.35. The summed E-state index contributed by atoms with van der Waals surface area (Å²) in [7, 11) is 0. The molecular formula is C14H17NO4. The third-order valence-electron chi connectivity index (χ3n) is 3.23. The van der Waals surface area contributed by atoms with Crippen molar-refractivity contribution in [1.82, 2.24) is 0 Å². The van der Waals surface area contributed by atoms with Gasteiger partial charge in [0.25, 0.3) is 0 Å². The highest BCUT2D eigenvalue weighted by molar-refractivity contribution is 5.89. The Morgan fingerprint density at radius 1 is 1.47 bits per heavy atom. The van der Waals surface area contributed by atoms with Crippen LogP contribution < -0.4 is 4.90 Å². The van der Waals surface area contributed by atoms with Crippen molar-refractivity contribution in [3.63, 3.8) is 0 Å². The van der Waals surface area contributed by atoms with Gasteiger partial charge in [-0.1, -0.05) is 25.1 Å². The fourth-order valence-corrected chi connectivity index (χ4v) is 2.29. The van der Waals surface area contributed by atoms with Gasteiger partial charge in [0.1, 0.15) is 0 Å². The number of anilines is 1. The minimum absolute atomic E-state index is 0.0120. The first-order chi connectivity index (χ1) is 9.11. The molecule has 1 aliphatic heterocycles. The van der Waals surface area contributed by atoms with Gasteiger partial charge >= 0.3 is 12.1 Å². The highest BCUT2D eigenvalue weighted by Gasteiger charge is 2.30. The second kappa shape index (κ2) is 5.73. The third kappa shape index (κ3) is 3.05. The number of hydrogen-bond acceptors (Lipinski definition) is 3. The number of aliphatic carboxylic acids is 1. The number of carboxylic acid groups (broad SMARTS) is 1. The number of benzene rings is 1. The average Bonchev–Trinajstić information content (AvgIpc) is 2.40. The second-order valence-electron chi connectivity index (χ2n) is 4.63. The van der Waals surface area contributed by atoms with Crippen molar-refractivity contribution < 1.29 is 19.4 Å².